The number of aromatic nitrogens is 4. The van der Waals surface area contributed by atoms with E-state index in [0.29, 0.717) is 11.3 Å². The van der Waals surface area contributed by atoms with Crippen LogP contribution in [0.25, 0.3) is 16.6 Å². The van der Waals surface area contributed by atoms with E-state index in [2.05, 4.69) is 19.4 Å². The summed E-state index contributed by atoms with van der Waals surface area (Å²) in [6.07, 6.45) is 8.77. The zero-order valence-electron chi connectivity index (χ0n) is 13.4. The lowest BCUT2D eigenvalue weighted by Crippen LogP contribution is -2.06. The monoisotopic (exact) mass is 343 g/mol. The van der Waals surface area contributed by atoms with Gasteiger partial charge in [0, 0.05) is 29.2 Å². The number of benzene rings is 1. The maximum Gasteiger partial charge on any atom is 0.285 e. The highest BCUT2D eigenvalue weighted by Crippen LogP contribution is 2.18. The number of nitrogens with zero attached hydrogens (tertiary/aromatic N) is 5. The molecule has 0 aliphatic rings. The van der Waals surface area contributed by atoms with Gasteiger partial charge in [0.05, 0.1) is 27.6 Å². The maximum atomic E-state index is 12.3. The number of amides is 1. The number of rotatable bonds is 4. The Morgan fingerprint density at radius 2 is 2.04 bits per heavy atom. The Hall–Kier alpha value is -2.61. The van der Waals surface area contributed by atoms with Crippen molar-refractivity contribution in [3.8, 4) is 5.69 Å². The quantitative estimate of drug-likeness (QED) is 0.726. The van der Waals surface area contributed by atoms with Crippen molar-refractivity contribution in [2.24, 2.45) is 4.36 Å². The van der Waals surface area contributed by atoms with Crippen molar-refractivity contribution in [2.45, 2.75) is 13.3 Å². The highest BCUT2D eigenvalue weighted by Gasteiger charge is 2.11. The van der Waals surface area contributed by atoms with Crippen LogP contribution in [0.4, 0.5) is 0 Å². The van der Waals surface area contributed by atoms with Crippen LogP contribution < -0.4 is 0 Å². The lowest BCUT2D eigenvalue weighted by molar-refractivity contribution is 0.100. The molecule has 3 rings (SSSR count). The molecule has 2 heterocycles. The molecule has 7 nitrogen and oxygen atoms in total. The fourth-order valence-electron chi connectivity index (χ4n) is 2.35. The number of hydrogen-bond acceptors (Lipinski definition) is 5. The average Bonchev–Trinajstić information content (AvgIpc) is 2.98. The first-order valence-electron chi connectivity index (χ1n) is 7.47. The molecule has 0 saturated carbocycles. The van der Waals surface area contributed by atoms with Gasteiger partial charge in [-0.1, -0.05) is 6.92 Å². The van der Waals surface area contributed by atoms with E-state index in [1.54, 1.807) is 41.5 Å². The van der Waals surface area contributed by atoms with Gasteiger partial charge in [-0.2, -0.15) is 9.46 Å². The predicted octanol–water partition coefficient (Wildman–Crippen LogP) is 2.46. The first kappa shape index (κ1) is 16.3. The summed E-state index contributed by atoms with van der Waals surface area (Å²) in [5.41, 5.74) is 1.86. The first-order valence-corrected chi connectivity index (χ1v) is 9.57. The average molecular weight is 343 g/mol. The minimum atomic E-state index is -2.48. The molecule has 0 N–H and O–H groups in total. The smallest absolute Gasteiger partial charge is 0.266 e. The van der Waals surface area contributed by atoms with Crippen LogP contribution in [0.2, 0.25) is 0 Å². The Kier molecular flexibility index (Phi) is 4.39. The number of carbonyl (C=O) groups excluding carboxylic acids is 1. The summed E-state index contributed by atoms with van der Waals surface area (Å²) < 4.78 is 17.7. The topological polar surface area (TPSA) is 90.1 Å². The Morgan fingerprint density at radius 1 is 1.29 bits per heavy atom. The summed E-state index contributed by atoms with van der Waals surface area (Å²) in [5, 5.41) is 5.22. The van der Waals surface area contributed by atoms with E-state index in [-0.39, 0.29) is 0 Å². The van der Waals surface area contributed by atoms with Crippen LogP contribution in [-0.2, 0) is 9.73 Å². The molecule has 0 saturated heterocycles. The van der Waals surface area contributed by atoms with Crippen LogP contribution in [0.1, 0.15) is 23.7 Å². The molecule has 1 unspecified atom stereocenters. The molecule has 1 atom stereocenters. The van der Waals surface area contributed by atoms with Crippen molar-refractivity contribution in [1.29, 1.82) is 0 Å². The van der Waals surface area contributed by atoms with Gasteiger partial charge in [0.15, 0.2) is 0 Å². The van der Waals surface area contributed by atoms with E-state index in [9.17, 15) is 9.00 Å². The molecule has 0 fully saturated rings. The zero-order valence-corrected chi connectivity index (χ0v) is 14.2. The van der Waals surface area contributed by atoms with Gasteiger partial charge in [0.1, 0.15) is 12.0 Å². The summed E-state index contributed by atoms with van der Waals surface area (Å²) in [7, 11) is -2.48. The fourth-order valence-corrected chi connectivity index (χ4v) is 3.66. The maximum absolute atomic E-state index is 12.3. The molecule has 24 heavy (non-hydrogen) atoms. The van der Waals surface area contributed by atoms with Gasteiger partial charge in [-0.15, -0.1) is 0 Å². The second-order valence-electron chi connectivity index (χ2n) is 5.50. The molecule has 8 heteroatoms. The standard InChI is InChI=1S/C16H17N5O2S/c1-3-6-24(2,23)20-16(22)12-4-5-15-13(7-12)10-21(19-15)14-8-17-11-18-9-14/h4-5,7-11H,3,6H2,1-2H3. The van der Waals surface area contributed by atoms with Crippen LogP contribution in [0.15, 0.2) is 47.5 Å². The normalized spacial score (nSPS) is 13.6. The number of carbonyl (C=O) groups is 1. The second kappa shape index (κ2) is 6.48. The molecule has 0 spiro atoms. The zero-order chi connectivity index (χ0) is 17.2. The van der Waals surface area contributed by atoms with E-state index < -0.39 is 15.6 Å². The summed E-state index contributed by atoms with van der Waals surface area (Å²) in [6.45, 7) is 1.91. The fraction of sp³-hybridized carbons (Fsp3) is 0.250. The largest absolute Gasteiger partial charge is 0.285 e. The first-order chi connectivity index (χ1) is 11.5. The van der Waals surface area contributed by atoms with Crippen LogP contribution in [0.3, 0.4) is 0 Å². The lowest BCUT2D eigenvalue weighted by Gasteiger charge is -2.01. The van der Waals surface area contributed by atoms with Crippen molar-refractivity contribution in [2.75, 3.05) is 12.0 Å². The highest BCUT2D eigenvalue weighted by molar-refractivity contribution is 7.93. The van der Waals surface area contributed by atoms with Gasteiger partial charge in [0.25, 0.3) is 5.91 Å². The van der Waals surface area contributed by atoms with E-state index >= 15 is 0 Å². The molecule has 3 aromatic rings. The van der Waals surface area contributed by atoms with Gasteiger partial charge in [0.2, 0.25) is 0 Å². The van der Waals surface area contributed by atoms with Crippen LogP contribution in [0, 0.1) is 0 Å². The van der Waals surface area contributed by atoms with E-state index in [1.807, 2.05) is 6.92 Å². The van der Waals surface area contributed by atoms with Gasteiger partial charge in [-0.3, -0.25) is 4.79 Å². The third-order valence-electron chi connectivity index (χ3n) is 3.42. The molecular formula is C16H17N5O2S. The van der Waals surface area contributed by atoms with Gasteiger partial charge >= 0.3 is 0 Å². The van der Waals surface area contributed by atoms with Gasteiger partial charge in [-0.25, -0.2) is 18.9 Å². The van der Waals surface area contributed by atoms with Crippen molar-refractivity contribution >= 4 is 26.5 Å². The minimum Gasteiger partial charge on any atom is -0.266 e. The van der Waals surface area contributed by atoms with Gasteiger partial charge in [-0.05, 0) is 24.6 Å². The van der Waals surface area contributed by atoms with Crippen molar-refractivity contribution < 1.29 is 9.00 Å². The lowest BCUT2D eigenvalue weighted by atomic mass is 10.1. The van der Waals surface area contributed by atoms with Crippen LogP contribution in [0.5, 0.6) is 0 Å². The van der Waals surface area contributed by atoms with Crippen molar-refractivity contribution in [3.63, 3.8) is 0 Å². The Balaban J connectivity index is 1.97. The van der Waals surface area contributed by atoms with E-state index in [4.69, 9.17) is 0 Å². The Bertz CT molecular complexity index is 1000. The Labute approximate surface area is 139 Å². The van der Waals surface area contributed by atoms with E-state index in [1.165, 1.54) is 12.6 Å². The minimum absolute atomic E-state index is 0.400. The van der Waals surface area contributed by atoms with Crippen molar-refractivity contribution in [3.05, 3.63) is 48.7 Å². The van der Waals surface area contributed by atoms with Crippen LogP contribution >= 0.6 is 0 Å². The van der Waals surface area contributed by atoms with Gasteiger partial charge < -0.3 is 0 Å². The highest BCUT2D eigenvalue weighted by atomic mass is 32.2. The van der Waals surface area contributed by atoms with Crippen molar-refractivity contribution in [1.82, 2.24) is 19.7 Å². The summed E-state index contributed by atoms with van der Waals surface area (Å²) in [5.74, 6) is -0.0546. The summed E-state index contributed by atoms with van der Waals surface area (Å²) in [4.78, 5) is 20.2. The molecular weight excluding hydrogens is 326 g/mol. The molecule has 0 bridgehead atoms. The van der Waals surface area contributed by atoms with E-state index in [0.717, 1.165) is 23.0 Å². The predicted molar refractivity (Wildman–Crippen MR) is 92.6 cm³/mol. The van der Waals surface area contributed by atoms with Crippen LogP contribution in [-0.4, -0.2) is 41.9 Å². The number of fused-ring (bicyclic) bond motifs is 1. The Morgan fingerprint density at radius 3 is 2.75 bits per heavy atom. The molecule has 0 radical (unpaired) electrons. The summed E-state index contributed by atoms with van der Waals surface area (Å²) >= 11 is 0. The SMILES string of the molecule is CCCS(C)(=O)=NC(=O)c1ccc2nn(-c3cncnc3)cc2c1. The molecule has 124 valence electrons. The molecule has 1 amide bonds. The summed E-state index contributed by atoms with van der Waals surface area (Å²) in [6, 6.07) is 5.10. The third-order valence-corrected chi connectivity index (χ3v) is 5.14. The second-order valence-corrected chi connectivity index (χ2v) is 8.01. The third kappa shape index (κ3) is 3.48. The molecule has 0 aliphatic carbocycles. The molecule has 1 aromatic carbocycles. The molecule has 2 aromatic heterocycles. The molecule has 0 aliphatic heterocycles. The number of hydrogen-bond donors (Lipinski definition) is 0.